The average molecular weight is 285 g/mol. The summed E-state index contributed by atoms with van der Waals surface area (Å²) in [5.41, 5.74) is 1.31. The lowest BCUT2D eigenvalue weighted by atomic mass is 10.2. The largest absolute Gasteiger partial charge is 0.449 e. The van der Waals surface area contributed by atoms with E-state index in [4.69, 9.17) is 4.42 Å². The Balaban J connectivity index is 1.47. The molecule has 2 amide bonds. The van der Waals surface area contributed by atoms with Crippen LogP contribution in [0.4, 0.5) is 10.7 Å². The number of carbonyl (C=O) groups is 1. The first-order valence-electron chi connectivity index (χ1n) is 7.17. The minimum Gasteiger partial charge on any atom is -0.449 e. The number of amides is 2. The molecule has 1 saturated heterocycles. The zero-order valence-corrected chi connectivity index (χ0v) is 11.9. The van der Waals surface area contributed by atoms with Crippen molar-refractivity contribution < 1.29 is 9.21 Å². The summed E-state index contributed by atoms with van der Waals surface area (Å²) >= 11 is 0. The van der Waals surface area contributed by atoms with Crippen molar-refractivity contribution in [1.29, 1.82) is 0 Å². The van der Waals surface area contributed by atoms with Crippen LogP contribution in [0, 0.1) is 0 Å². The summed E-state index contributed by atoms with van der Waals surface area (Å²) in [5, 5.41) is 2.76. The molecule has 110 valence electrons. The van der Waals surface area contributed by atoms with Gasteiger partial charge in [-0.05, 0) is 11.6 Å². The van der Waals surface area contributed by atoms with E-state index in [1.807, 2.05) is 11.0 Å². The van der Waals surface area contributed by atoms with Crippen LogP contribution >= 0.6 is 0 Å². The van der Waals surface area contributed by atoms with Crippen LogP contribution in [0.3, 0.4) is 0 Å². The third-order valence-electron chi connectivity index (χ3n) is 3.66. The molecular weight excluding hydrogens is 266 g/mol. The molecule has 0 bridgehead atoms. The quantitative estimate of drug-likeness (QED) is 0.943. The molecule has 1 aromatic carbocycles. The molecule has 1 aliphatic heterocycles. The Labute approximate surface area is 124 Å². The van der Waals surface area contributed by atoms with Gasteiger partial charge in [0.15, 0.2) is 0 Å². The number of hydrogen-bond donors (Lipinski definition) is 1. The van der Waals surface area contributed by atoms with Crippen molar-refractivity contribution in [2.75, 3.05) is 31.5 Å². The van der Waals surface area contributed by atoms with Crippen molar-refractivity contribution in [1.82, 2.24) is 9.80 Å². The van der Waals surface area contributed by atoms with Gasteiger partial charge in [-0.1, -0.05) is 30.3 Å². The number of furan rings is 1. The molecule has 1 N–H and O–H groups in total. The fourth-order valence-corrected chi connectivity index (χ4v) is 2.48. The molecule has 0 radical (unpaired) electrons. The molecule has 2 heterocycles. The molecule has 0 atom stereocenters. The number of carbonyl (C=O) groups excluding carboxylic acids is 1. The van der Waals surface area contributed by atoms with E-state index in [1.165, 1.54) is 5.56 Å². The fraction of sp³-hybridized carbons (Fsp3) is 0.312. The molecule has 1 fully saturated rings. The average Bonchev–Trinajstić information content (AvgIpc) is 3.02. The van der Waals surface area contributed by atoms with E-state index < -0.39 is 0 Å². The first kappa shape index (κ1) is 13.7. The Morgan fingerprint density at radius 3 is 2.48 bits per heavy atom. The van der Waals surface area contributed by atoms with Crippen molar-refractivity contribution >= 4 is 11.9 Å². The van der Waals surface area contributed by atoms with Gasteiger partial charge in [0.25, 0.3) is 0 Å². The van der Waals surface area contributed by atoms with Crippen LogP contribution in [-0.2, 0) is 6.54 Å². The maximum absolute atomic E-state index is 12.1. The number of nitrogens with one attached hydrogen (secondary N) is 1. The van der Waals surface area contributed by atoms with Crippen LogP contribution in [0.15, 0.2) is 53.1 Å². The van der Waals surface area contributed by atoms with Gasteiger partial charge < -0.3 is 9.32 Å². The van der Waals surface area contributed by atoms with Crippen LogP contribution in [0.25, 0.3) is 0 Å². The van der Waals surface area contributed by atoms with Gasteiger partial charge in [0.05, 0.1) is 6.26 Å². The topological polar surface area (TPSA) is 48.7 Å². The second-order valence-corrected chi connectivity index (χ2v) is 5.16. The lowest BCUT2D eigenvalue weighted by Gasteiger charge is -2.34. The Morgan fingerprint density at radius 2 is 1.81 bits per heavy atom. The van der Waals surface area contributed by atoms with Gasteiger partial charge in [-0.15, -0.1) is 0 Å². The van der Waals surface area contributed by atoms with Crippen molar-refractivity contribution in [2.45, 2.75) is 6.54 Å². The molecule has 1 aliphatic rings. The van der Waals surface area contributed by atoms with E-state index in [2.05, 4.69) is 34.5 Å². The zero-order valence-electron chi connectivity index (χ0n) is 11.9. The Hall–Kier alpha value is -2.27. The highest BCUT2D eigenvalue weighted by molar-refractivity contribution is 5.87. The Kier molecular flexibility index (Phi) is 4.21. The van der Waals surface area contributed by atoms with E-state index in [1.54, 1.807) is 18.4 Å². The van der Waals surface area contributed by atoms with Crippen molar-refractivity contribution in [3.63, 3.8) is 0 Å². The first-order valence-corrected chi connectivity index (χ1v) is 7.17. The smallest absolute Gasteiger partial charge is 0.324 e. The highest BCUT2D eigenvalue weighted by atomic mass is 16.3. The molecular formula is C16H19N3O2. The summed E-state index contributed by atoms with van der Waals surface area (Å²) in [6.07, 6.45) is 1.55. The molecule has 1 aromatic heterocycles. The van der Waals surface area contributed by atoms with Crippen molar-refractivity contribution in [3.8, 4) is 0 Å². The Morgan fingerprint density at radius 1 is 1.05 bits per heavy atom. The number of urea groups is 1. The first-order chi connectivity index (χ1) is 10.3. The minimum absolute atomic E-state index is 0.0932. The normalized spacial score (nSPS) is 15.9. The summed E-state index contributed by atoms with van der Waals surface area (Å²) in [5.74, 6) is 0.492. The summed E-state index contributed by atoms with van der Waals surface area (Å²) in [4.78, 5) is 16.3. The summed E-state index contributed by atoms with van der Waals surface area (Å²) in [6, 6.07) is 13.8. The van der Waals surface area contributed by atoms with Crippen molar-refractivity contribution in [3.05, 3.63) is 54.3 Å². The van der Waals surface area contributed by atoms with E-state index >= 15 is 0 Å². The maximum Gasteiger partial charge on any atom is 0.324 e. The highest BCUT2D eigenvalue weighted by Crippen LogP contribution is 2.11. The minimum atomic E-state index is -0.0932. The van der Waals surface area contributed by atoms with E-state index in [0.29, 0.717) is 5.88 Å². The number of hydrogen-bond acceptors (Lipinski definition) is 3. The number of rotatable bonds is 3. The van der Waals surface area contributed by atoms with Gasteiger partial charge in [-0.3, -0.25) is 10.2 Å². The molecule has 0 saturated carbocycles. The third-order valence-corrected chi connectivity index (χ3v) is 3.66. The second-order valence-electron chi connectivity index (χ2n) is 5.16. The van der Waals surface area contributed by atoms with Gasteiger partial charge in [-0.25, -0.2) is 4.79 Å². The van der Waals surface area contributed by atoms with E-state index in [9.17, 15) is 4.79 Å². The van der Waals surface area contributed by atoms with Crippen molar-refractivity contribution in [2.24, 2.45) is 0 Å². The number of piperazine rings is 1. The molecule has 21 heavy (non-hydrogen) atoms. The number of anilines is 1. The van der Waals surface area contributed by atoms with E-state index in [-0.39, 0.29) is 6.03 Å². The third kappa shape index (κ3) is 3.64. The van der Waals surface area contributed by atoms with Crippen LogP contribution in [0.5, 0.6) is 0 Å². The molecule has 3 rings (SSSR count). The molecule has 0 aliphatic carbocycles. The van der Waals surface area contributed by atoms with Gasteiger partial charge in [0, 0.05) is 38.8 Å². The highest BCUT2D eigenvalue weighted by Gasteiger charge is 2.21. The van der Waals surface area contributed by atoms with Crippen LogP contribution < -0.4 is 5.32 Å². The molecule has 5 heteroatoms. The maximum atomic E-state index is 12.1. The second kappa shape index (κ2) is 6.45. The summed E-state index contributed by atoms with van der Waals surface area (Å²) in [7, 11) is 0. The zero-order chi connectivity index (χ0) is 14.5. The Bertz CT molecular complexity index is 560. The molecule has 2 aromatic rings. The van der Waals surface area contributed by atoms with Crippen LogP contribution in [0.1, 0.15) is 5.56 Å². The van der Waals surface area contributed by atoms with Gasteiger partial charge in [0.1, 0.15) is 0 Å². The lowest BCUT2D eigenvalue weighted by Crippen LogP contribution is -2.49. The molecule has 5 nitrogen and oxygen atoms in total. The van der Waals surface area contributed by atoms with Gasteiger partial charge in [-0.2, -0.15) is 0 Å². The predicted octanol–water partition coefficient (Wildman–Crippen LogP) is 2.63. The van der Waals surface area contributed by atoms with Gasteiger partial charge in [0.2, 0.25) is 5.88 Å². The summed E-state index contributed by atoms with van der Waals surface area (Å²) in [6.45, 7) is 4.19. The molecule has 0 spiro atoms. The summed E-state index contributed by atoms with van der Waals surface area (Å²) < 4.78 is 5.13. The predicted molar refractivity (Wildman–Crippen MR) is 81.0 cm³/mol. The number of benzene rings is 1. The van der Waals surface area contributed by atoms with Crippen LogP contribution in [-0.4, -0.2) is 42.0 Å². The number of nitrogens with zero attached hydrogens (tertiary/aromatic N) is 2. The standard InChI is InChI=1S/C16H19N3O2/c20-16(17-15-7-4-12-21-15)19-10-8-18(9-11-19)13-14-5-2-1-3-6-14/h1-7,12H,8-11,13H2,(H,17,20). The monoisotopic (exact) mass is 285 g/mol. The lowest BCUT2D eigenvalue weighted by molar-refractivity contribution is 0.142. The van der Waals surface area contributed by atoms with Gasteiger partial charge >= 0.3 is 6.03 Å². The molecule has 0 unspecified atom stereocenters. The van der Waals surface area contributed by atoms with Crippen LogP contribution in [0.2, 0.25) is 0 Å². The SMILES string of the molecule is O=C(Nc1ccco1)N1CCN(Cc2ccccc2)CC1. The fourth-order valence-electron chi connectivity index (χ4n) is 2.48. The van der Waals surface area contributed by atoms with E-state index in [0.717, 1.165) is 32.7 Å².